The molecule has 0 aliphatic heterocycles. The van der Waals surface area contributed by atoms with Crippen LogP contribution in [0.3, 0.4) is 0 Å². The van der Waals surface area contributed by atoms with Gasteiger partial charge in [-0.3, -0.25) is 10.1 Å². The molecule has 0 saturated carbocycles. The Labute approximate surface area is 126 Å². The van der Waals surface area contributed by atoms with Crippen molar-refractivity contribution in [1.82, 2.24) is 0 Å². The second-order valence-corrected chi connectivity index (χ2v) is 4.96. The predicted molar refractivity (Wildman–Crippen MR) is 81.3 cm³/mol. The van der Waals surface area contributed by atoms with Crippen LogP contribution in [0.4, 0.5) is 15.8 Å². The Bertz CT molecular complexity index is 635. The van der Waals surface area contributed by atoms with Gasteiger partial charge < -0.3 is 5.32 Å². The first kappa shape index (κ1) is 15.3. The van der Waals surface area contributed by atoms with Gasteiger partial charge in [-0.1, -0.05) is 41.9 Å². The Morgan fingerprint density at radius 2 is 1.95 bits per heavy atom. The van der Waals surface area contributed by atoms with E-state index in [9.17, 15) is 14.5 Å². The molecule has 2 rings (SSSR count). The number of nitro groups is 1. The summed E-state index contributed by atoms with van der Waals surface area (Å²) in [6.07, 6.45) is 1.63. The average Bonchev–Trinajstić information content (AvgIpc) is 2.47. The number of nitrogens with one attached hydrogen (secondary N) is 1. The van der Waals surface area contributed by atoms with Crippen molar-refractivity contribution in [3.8, 4) is 0 Å². The number of nitrogens with zero attached hydrogens (tertiary/aromatic N) is 1. The van der Waals surface area contributed by atoms with E-state index in [0.717, 1.165) is 25.0 Å². The quantitative estimate of drug-likeness (QED) is 0.488. The largest absolute Gasteiger partial charge is 0.379 e. The second-order valence-electron chi connectivity index (χ2n) is 4.56. The molecule has 0 fully saturated rings. The van der Waals surface area contributed by atoms with Gasteiger partial charge >= 0.3 is 0 Å². The molecule has 0 saturated heterocycles. The van der Waals surface area contributed by atoms with Gasteiger partial charge in [0.25, 0.3) is 5.69 Å². The predicted octanol–water partition coefficient (Wildman–Crippen LogP) is 4.43. The van der Waals surface area contributed by atoms with E-state index in [1.54, 1.807) is 0 Å². The van der Waals surface area contributed by atoms with E-state index in [1.165, 1.54) is 5.56 Å². The van der Waals surface area contributed by atoms with Crippen molar-refractivity contribution in [3.63, 3.8) is 0 Å². The summed E-state index contributed by atoms with van der Waals surface area (Å²) in [5.74, 6) is -0.673. The standard InChI is InChI=1S/C15H14ClFN2O2/c16-12-9-15(19(20)21)14(10-13(12)17)18-8-4-7-11-5-2-1-3-6-11/h1-3,5-6,9-10,18H,4,7-8H2. The van der Waals surface area contributed by atoms with Crippen LogP contribution < -0.4 is 5.32 Å². The van der Waals surface area contributed by atoms with Crippen molar-refractivity contribution in [1.29, 1.82) is 0 Å². The zero-order valence-electron chi connectivity index (χ0n) is 11.2. The Morgan fingerprint density at radius 3 is 2.62 bits per heavy atom. The number of hydrogen-bond donors (Lipinski definition) is 1. The number of hydrogen-bond acceptors (Lipinski definition) is 3. The lowest BCUT2D eigenvalue weighted by molar-refractivity contribution is -0.384. The van der Waals surface area contributed by atoms with Crippen LogP contribution in [0, 0.1) is 15.9 Å². The molecule has 0 radical (unpaired) electrons. The van der Waals surface area contributed by atoms with E-state index in [0.29, 0.717) is 6.54 Å². The van der Waals surface area contributed by atoms with Gasteiger partial charge in [-0.05, 0) is 18.4 Å². The molecule has 4 nitrogen and oxygen atoms in total. The lowest BCUT2D eigenvalue weighted by atomic mass is 10.1. The normalized spacial score (nSPS) is 10.4. The van der Waals surface area contributed by atoms with E-state index in [-0.39, 0.29) is 16.4 Å². The summed E-state index contributed by atoms with van der Waals surface area (Å²) in [5.41, 5.74) is 1.12. The number of nitro benzene ring substituents is 1. The van der Waals surface area contributed by atoms with E-state index in [1.807, 2.05) is 30.3 Å². The molecule has 0 atom stereocenters. The zero-order valence-corrected chi connectivity index (χ0v) is 11.9. The van der Waals surface area contributed by atoms with Crippen molar-refractivity contribution in [2.45, 2.75) is 12.8 Å². The summed E-state index contributed by atoms with van der Waals surface area (Å²) < 4.78 is 13.4. The molecule has 6 heteroatoms. The number of anilines is 1. The second kappa shape index (κ2) is 7.04. The highest BCUT2D eigenvalue weighted by Crippen LogP contribution is 2.30. The minimum absolute atomic E-state index is 0.148. The number of halogens is 2. The van der Waals surface area contributed by atoms with Crippen molar-refractivity contribution >= 4 is 23.0 Å². The molecule has 0 heterocycles. The van der Waals surface area contributed by atoms with Gasteiger partial charge in [0.2, 0.25) is 0 Å². The lowest BCUT2D eigenvalue weighted by Gasteiger charge is -2.08. The van der Waals surface area contributed by atoms with Crippen LogP contribution in [0.1, 0.15) is 12.0 Å². The molecule has 1 N–H and O–H groups in total. The van der Waals surface area contributed by atoms with Crippen LogP contribution in [0.15, 0.2) is 42.5 Å². The highest BCUT2D eigenvalue weighted by atomic mass is 35.5. The summed E-state index contributed by atoms with van der Waals surface area (Å²) in [6, 6.07) is 12.0. The van der Waals surface area contributed by atoms with Gasteiger partial charge in [0.1, 0.15) is 11.5 Å². The molecular weight excluding hydrogens is 295 g/mol. The van der Waals surface area contributed by atoms with Crippen LogP contribution in [0.2, 0.25) is 5.02 Å². The minimum Gasteiger partial charge on any atom is -0.379 e. The minimum atomic E-state index is -0.673. The number of aryl methyl sites for hydroxylation is 1. The van der Waals surface area contributed by atoms with E-state index in [2.05, 4.69) is 5.32 Å². The first-order valence-electron chi connectivity index (χ1n) is 6.49. The monoisotopic (exact) mass is 308 g/mol. The van der Waals surface area contributed by atoms with E-state index < -0.39 is 10.7 Å². The van der Waals surface area contributed by atoms with Crippen molar-refractivity contribution in [3.05, 3.63) is 69.0 Å². The Balaban J connectivity index is 1.96. The maximum Gasteiger partial charge on any atom is 0.294 e. The van der Waals surface area contributed by atoms with Crippen LogP contribution in [0.25, 0.3) is 0 Å². The Morgan fingerprint density at radius 1 is 1.24 bits per heavy atom. The maximum absolute atomic E-state index is 13.4. The van der Waals surface area contributed by atoms with Gasteiger partial charge in [0.15, 0.2) is 0 Å². The topological polar surface area (TPSA) is 55.2 Å². The molecule has 0 unspecified atom stereocenters. The van der Waals surface area contributed by atoms with Crippen molar-refractivity contribution in [2.24, 2.45) is 0 Å². The van der Waals surface area contributed by atoms with Crippen LogP contribution >= 0.6 is 11.6 Å². The first-order valence-corrected chi connectivity index (χ1v) is 6.87. The lowest BCUT2D eigenvalue weighted by Crippen LogP contribution is -2.06. The highest BCUT2D eigenvalue weighted by Gasteiger charge is 2.17. The SMILES string of the molecule is O=[N+]([O-])c1cc(Cl)c(F)cc1NCCCc1ccccc1. The molecule has 0 aliphatic carbocycles. The van der Waals surface area contributed by atoms with Gasteiger partial charge in [0.05, 0.1) is 9.95 Å². The van der Waals surface area contributed by atoms with Gasteiger partial charge in [-0.25, -0.2) is 4.39 Å². The summed E-state index contributed by atoms with van der Waals surface area (Å²) in [6.45, 7) is 0.511. The van der Waals surface area contributed by atoms with Crippen molar-refractivity contribution < 1.29 is 9.31 Å². The fourth-order valence-electron chi connectivity index (χ4n) is 1.99. The van der Waals surface area contributed by atoms with E-state index >= 15 is 0 Å². The van der Waals surface area contributed by atoms with Crippen molar-refractivity contribution in [2.75, 3.05) is 11.9 Å². The molecule has 0 aliphatic rings. The molecule has 2 aromatic rings. The van der Waals surface area contributed by atoms with Gasteiger partial charge in [-0.15, -0.1) is 0 Å². The maximum atomic E-state index is 13.4. The molecule has 0 aromatic heterocycles. The smallest absolute Gasteiger partial charge is 0.294 e. The summed E-state index contributed by atoms with van der Waals surface area (Å²) in [5, 5.41) is 13.6. The van der Waals surface area contributed by atoms with Gasteiger partial charge in [0, 0.05) is 18.7 Å². The van der Waals surface area contributed by atoms with Gasteiger partial charge in [-0.2, -0.15) is 0 Å². The average molecular weight is 309 g/mol. The van der Waals surface area contributed by atoms with Crippen LogP contribution in [-0.4, -0.2) is 11.5 Å². The van der Waals surface area contributed by atoms with Crippen LogP contribution in [-0.2, 0) is 6.42 Å². The molecular formula is C15H14ClFN2O2. The number of rotatable bonds is 6. The first-order chi connectivity index (χ1) is 10.1. The molecule has 110 valence electrons. The number of benzene rings is 2. The third-order valence-corrected chi connectivity index (χ3v) is 3.33. The Hall–Kier alpha value is -2.14. The third-order valence-electron chi connectivity index (χ3n) is 3.04. The van der Waals surface area contributed by atoms with E-state index in [4.69, 9.17) is 11.6 Å². The Kier molecular flexibility index (Phi) is 5.11. The zero-order chi connectivity index (χ0) is 15.2. The molecule has 0 spiro atoms. The summed E-state index contributed by atoms with van der Waals surface area (Å²) in [7, 11) is 0. The fraction of sp³-hybridized carbons (Fsp3) is 0.200. The fourth-order valence-corrected chi connectivity index (χ4v) is 2.15. The summed E-state index contributed by atoms with van der Waals surface area (Å²) >= 11 is 5.56. The summed E-state index contributed by atoms with van der Waals surface area (Å²) in [4.78, 5) is 10.3. The molecule has 21 heavy (non-hydrogen) atoms. The highest BCUT2D eigenvalue weighted by molar-refractivity contribution is 6.31. The van der Waals surface area contributed by atoms with Crippen LogP contribution in [0.5, 0.6) is 0 Å². The molecule has 0 bridgehead atoms. The third kappa shape index (κ3) is 4.16. The molecule has 0 amide bonds. The molecule has 2 aromatic carbocycles.